The van der Waals surface area contributed by atoms with Crippen LogP contribution in [0.1, 0.15) is 6.92 Å². The Morgan fingerprint density at radius 3 is 2.83 bits per heavy atom. The Morgan fingerprint density at radius 1 is 1.35 bits per heavy atom. The fraction of sp³-hybridized carbons (Fsp3) is 0.429. The number of ether oxygens (including phenoxy) is 1. The van der Waals surface area contributed by atoms with Gasteiger partial charge in [-0.05, 0) is 48.9 Å². The Balaban J connectivity index is 1.56. The van der Waals surface area contributed by atoms with Crippen LogP contribution in [-0.2, 0) is 4.74 Å². The van der Waals surface area contributed by atoms with Gasteiger partial charge in [-0.3, -0.25) is 0 Å². The number of fused-ring (bicyclic) bond motifs is 1. The van der Waals surface area contributed by atoms with Gasteiger partial charge in [-0.1, -0.05) is 4.49 Å². The molecule has 1 fully saturated rings. The van der Waals surface area contributed by atoms with E-state index in [1.54, 1.807) is 4.90 Å². The van der Waals surface area contributed by atoms with Crippen LogP contribution in [0.4, 0.5) is 10.5 Å². The normalized spacial score (nSPS) is 14.8. The van der Waals surface area contributed by atoms with Crippen molar-refractivity contribution in [2.24, 2.45) is 0 Å². The topological polar surface area (TPSA) is 70.6 Å². The first-order chi connectivity index (χ1) is 11.2. The second kappa shape index (κ2) is 7.05. The highest BCUT2D eigenvalue weighted by molar-refractivity contribution is 7.80. The maximum Gasteiger partial charge on any atom is 0.409 e. The highest BCUT2D eigenvalue weighted by atomic mass is 32.1. The first-order valence-electron chi connectivity index (χ1n) is 7.37. The van der Waals surface area contributed by atoms with Crippen LogP contribution >= 0.6 is 23.8 Å². The zero-order valence-electron chi connectivity index (χ0n) is 12.7. The van der Waals surface area contributed by atoms with E-state index in [1.165, 1.54) is 11.5 Å². The Hall–Kier alpha value is -2.00. The molecule has 0 spiro atoms. The number of nitrogens with one attached hydrogen (secondary N) is 1. The van der Waals surface area contributed by atoms with Crippen molar-refractivity contribution in [1.82, 2.24) is 19.4 Å². The molecule has 0 bridgehead atoms. The average Bonchev–Trinajstić information content (AvgIpc) is 3.03. The molecule has 0 radical (unpaired) electrons. The lowest BCUT2D eigenvalue weighted by Gasteiger charge is -2.35. The lowest BCUT2D eigenvalue weighted by atomic mass is 10.3. The van der Waals surface area contributed by atoms with Gasteiger partial charge in [0.1, 0.15) is 5.52 Å². The summed E-state index contributed by atoms with van der Waals surface area (Å²) < 4.78 is 9.98. The molecule has 122 valence electrons. The van der Waals surface area contributed by atoms with Gasteiger partial charge in [0.15, 0.2) is 5.11 Å². The van der Waals surface area contributed by atoms with Gasteiger partial charge in [0.2, 0.25) is 0 Å². The van der Waals surface area contributed by atoms with Gasteiger partial charge < -0.3 is 19.9 Å². The monoisotopic (exact) mass is 351 g/mol. The number of amides is 1. The van der Waals surface area contributed by atoms with Crippen LogP contribution in [0.5, 0.6) is 0 Å². The van der Waals surface area contributed by atoms with Crippen LogP contribution in [0, 0.1) is 0 Å². The summed E-state index contributed by atoms with van der Waals surface area (Å²) in [4.78, 5) is 15.4. The van der Waals surface area contributed by atoms with Crippen molar-refractivity contribution in [3.63, 3.8) is 0 Å². The van der Waals surface area contributed by atoms with Crippen molar-refractivity contribution in [2.45, 2.75) is 6.92 Å². The summed E-state index contributed by atoms with van der Waals surface area (Å²) in [5.74, 6) is 0. The van der Waals surface area contributed by atoms with Crippen molar-refractivity contribution in [3.8, 4) is 0 Å². The summed E-state index contributed by atoms with van der Waals surface area (Å²) in [6, 6.07) is 5.87. The number of benzene rings is 1. The van der Waals surface area contributed by atoms with Crippen LogP contribution in [0.3, 0.4) is 0 Å². The van der Waals surface area contributed by atoms with Crippen molar-refractivity contribution in [1.29, 1.82) is 0 Å². The first kappa shape index (κ1) is 15.9. The van der Waals surface area contributed by atoms with E-state index in [-0.39, 0.29) is 6.09 Å². The molecule has 3 rings (SSSR count). The van der Waals surface area contributed by atoms with E-state index < -0.39 is 0 Å². The number of rotatable bonds is 2. The Morgan fingerprint density at radius 2 is 2.09 bits per heavy atom. The van der Waals surface area contributed by atoms with E-state index in [0.717, 1.165) is 15.9 Å². The molecule has 0 aliphatic carbocycles. The molecule has 0 atom stereocenters. The lowest BCUT2D eigenvalue weighted by molar-refractivity contribution is 0.0923. The number of aromatic nitrogens is 2. The van der Waals surface area contributed by atoms with Gasteiger partial charge in [-0.2, -0.15) is 0 Å². The molecule has 0 unspecified atom stereocenters. The fourth-order valence-electron chi connectivity index (χ4n) is 2.37. The van der Waals surface area contributed by atoms with Crippen LogP contribution in [0.2, 0.25) is 0 Å². The summed E-state index contributed by atoms with van der Waals surface area (Å²) in [6.07, 6.45) is -0.257. The molecule has 2 aromatic rings. The third kappa shape index (κ3) is 3.67. The second-order valence-corrected chi connectivity index (χ2v) is 6.23. The first-order valence-corrected chi connectivity index (χ1v) is 8.55. The summed E-state index contributed by atoms with van der Waals surface area (Å²) in [6.45, 7) is 4.79. The third-order valence-corrected chi connectivity index (χ3v) is 4.66. The third-order valence-electron chi connectivity index (χ3n) is 3.59. The predicted octanol–water partition coefficient (Wildman–Crippen LogP) is 2.16. The molecule has 0 saturated carbocycles. The van der Waals surface area contributed by atoms with E-state index in [9.17, 15) is 4.79 Å². The zero-order chi connectivity index (χ0) is 16.2. The van der Waals surface area contributed by atoms with Crippen molar-refractivity contribution >= 4 is 50.9 Å². The molecule has 2 heterocycles. The lowest BCUT2D eigenvalue weighted by Crippen LogP contribution is -2.51. The average molecular weight is 351 g/mol. The van der Waals surface area contributed by atoms with E-state index >= 15 is 0 Å². The van der Waals surface area contributed by atoms with Gasteiger partial charge in [-0.15, -0.1) is 5.10 Å². The molecule has 1 aromatic carbocycles. The van der Waals surface area contributed by atoms with E-state index in [4.69, 9.17) is 17.0 Å². The highest BCUT2D eigenvalue weighted by Crippen LogP contribution is 2.20. The molecule has 9 heteroatoms. The number of hydrogen-bond acceptors (Lipinski definition) is 6. The number of piperazine rings is 1. The predicted molar refractivity (Wildman–Crippen MR) is 93.8 cm³/mol. The Kier molecular flexibility index (Phi) is 4.87. The minimum absolute atomic E-state index is 0.257. The number of anilines is 1. The number of hydrogen-bond donors (Lipinski definition) is 1. The molecule has 1 aromatic heterocycles. The molecule has 7 nitrogen and oxygen atoms in total. The van der Waals surface area contributed by atoms with E-state index in [1.807, 2.05) is 25.1 Å². The zero-order valence-corrected chi connectivity index (χ0v) is 14.3. The van der Waals surface area contributed by atoms with Crippen molar-refractivity contribution in [3.05, 3.63) is 18.2 Å². The summed E-state index contributed by atoms with van der Waals surface area (Å²) in [5, 5.41) is 7.93. The van der Waals surface area contributed by atoms with Crippen LogP contribution in [-0.4, -0.2) is 63.4 Å². The molecular formula is C14H17N5O2S2. The molecule has 1 N–H and O–H groups in total. The number of carbonyl (C=O) groups is 1. The smallest absolute Gasteiger partial charge is 0.409 e. The van der Waals surface area contributed by atoms with Gasteiger partial charge in [0, 0.05) is 31.9 Å². The summed E-state index contributed by atoms with van der Waals surface area (Å²) in [5.41, 5.74) is 1.75. The van der Waals surface area contributed by atoms with Crippen LogP contribution in [0.25, 0.3) is 10.2 Å². The van der Waals surface area contributed by atoms with E-state index in [2.05, 4.69) is 19.8 Å². The van der Waals surface area contributed by atoms with Gasteiger partial charge in [0.05, 0.1) is 11.3 Å². The fourth-order valence-corrected chi connectivity index (χ4v) is 3.21. The standard InChI is InChI=1S/C14H17N5O2S2/c1-2-21-14(20)19-7-5-18(6-8-19)13(22)15-10-3-4-12-11(9-10)16-17-23-12/h3-4,9H,2,5-8H2,1H3,(H,15,22). The number of carbonyl (C=O) groups excluding carboxylic acids is 1. The SMILES string of the molecule is CCOC(=O)N1CCN(C(=S)Nc2ccc3snnc3c2)CC1. The Labute approximate surface area is 143 Å². The maximum atomic E-state index is 11.7. The minimum Gasteiger partial charge on any atom is -0.450 e. The van der Waals surface area contributed by atoms with Gasteiger partial charge in [0.25, 0.3) is 0 Å². The largest absolute Gasteiger partial charge is 0.450 e. The molecular weight excluding hydrogens is 334 g/mol. The maximum absolute atomic E-state index is 11.7. The number of thiocarbonyl (C=S) groups is 1. The quantitative estimate of drug-likeness (QED) is 0.831. The van der Waals surface area contributed by atoms with Gasteiger partial charge in [-0.25, -0.2) is 4.79 Å². The molecule has 1 aliphatic heterocycles. The van der Waals surface area contributed by atoms with Crippen molar-refractivity contribution in [2.75, 3.05) is 38.1 Å². The van der Waals surface area contributed by atoms with Crippen molar-refractivity contribution < 1.29 is 9.53 Å². The molecule has 1 aliphatic rings. The molecule has 1 saturated heterocycles. The minimum atomic E-state index is -0.257. The molecule has 23 heavy (non-hydrogen) atoms. The summed E-state index contributed by atoms with van der Waals surface area (Å²) in [7, 11) is 0. The second-order valence-electron chi connectivity index (χ2n) is 5.06. The Bertz CT molecular complexity index is 712. The summed E-state index contributed by atoms with van der Waals surface area (Å²) >= 11 is 6.83. The van der Waals surface area contributed by atoms with Crippen LogP contribution in [0.15, 0.2) is 18.2 Å². The number of nitrogens with zero attached hydrogens (tertiary/aromatic N) is 4. The highest BCUT2D eigenvalue weighted by Gasteiger charge is 2.23. The van der Waals surface area contributed by atoms with E-state index in [0.29, 0.717) is 37.9 Å². The van der Waals surface area contributed by atoms with Gasteiger partial charge >= 0.3 is 6.09 Å². The molecule has 1 amide bonds. The van der Waals surface area contributed by atoms with Crippen LogP contribution < -0.4 is 5.32 Å².